The fraction of sp³-hybridized carbons (Fsp3) is 0.765. The monoisotopic (exact) mass is 277 g/mol. The predicted molar refractivity (Wildman–Crippen MR) is 79.9 cm³/mol. The number of nitrogens with zero attached hydrogens (tertiary/aromatic N) is 1. The van der Waals surface area contributed by atoms with Crippen molar-refractivity contribution >= 4 is 0 Å². The minimum atomic E-state index is -0.298. The van der Waals surface area contributed by atoms with Crippen LogP contribution in [0, 0.1) is 12.3 Å². The van der Waals surface area contributed by atoms with Crippen molar-refractivity contribution in [1.29, 1.82) is 0 Å². The summed E-state index contributed by atoms with van der Waals surface area (Å²) in [4.78, 5) is 0. The van der Waals surface area contributed by atoms with Crippen LogP contribution in [0.2, 0.25) is 0 Å². The van der Waals surface area contributed by atoms with Gasteiger partial charge in [-0.05, 0) is 50.5 Å². The highest BCUT2D eigenvalue weighted by Gasteiger charge is 2.36. The Morgan fingerprint density at radius 3 is 2.75 bits per heavy atom. The molecule has 3 unspecified atom stereocenters. The van der Waals surface area contributed by atoms with Crippen molar-refractivity contribution in [3.05, 3.63) is 23.0 Å². The summed E-state index contributed by atoms with van der Waals surface area (Å²) < 4.78 is 8.02. The Bertz CT molecular complexity index is 503. The molecule has 0 radical (unpaired) electrons. The van der Waals surface area contributed by atoms with Gasteiger partial charge in [0.25, 0.3) is 0 Å². The van der Waals surface area contributed by atoms with Crippen LogP contribution in [-0.4, -0.2) is 22.9 Å². The number of ether oxygens (including phenoxy) is 1. The summed E-state index contributed by atoms with van der Waals surface area (Å²) in [5.74, 6) is 0. The second-order valence-corrected chi connectivity index (χ2v) is 7.44. The first-order chi connectivity index (χ1) is 9.41. The predicted octanol–water partition coefficient (Wildman–Crippen LogP) is 3.54. The molecule has 3 nitrogen and oxygen atoms in total. The molecular weight excluding hydrogens is 250 g/mol. The van der Waals surface area contributed by atoms with Crippen molar-refractivity contribution in [3.8, 4) is 0 Å². The summed E-state index contributed by atoms with van der Waals surface area (Å²) >= 11 is 0. The lowest BCUT2D eigenvalue weighted by Crippen LogP contribution is -2.27. The highest BCUT2D eigenvalue weighted by atomic mass is 16.5. The number of rotatable bonds is 2. The zero-order chi connectivity index (χ0) is 14.5. The summed E-state index contributed by atoms with van der Waals surface area (Å²) in [6.45, 7) is 6.70. The van der Waals surface area contributed by atoms with E-state index in [-0.39, 0.29) is 11.5 Å². The van der Waals surface area contributed by atoms with E-state index in [1.807, 2.05) is 7.11 Å². The Kier molecular flexibility index (Phi) is 3.46. The smallest absolute Gasteiger partial charge is 0.0812 e. The Labute approximate surface area is 121 Å². The van der Waals surface area contributed by atoms with E-state index in [4.69, 9.17) is 4.74 Å². The molecule has 2 aliphatic carbocycles. The minimum Gasteiger partial charge on any atom is -0.388 e. The molecule has 1 fully saturated rings. The van der Waals surface area contributed by atoms with Gasteiger partial charge in [-0.2, -0.15) is 0 Å². The molecule has 1 aromatic rings. The maximum atomic E-state index is 10.4. The van der Waals surface area contributed by atoms with Crippen molar-refractivity contribution in [2.24, 2.45) is 5.41 Å². The third-order valence-corrected chi connectivity index (χ3v) is 5.17. The lowest BCUT2D eigenvalue weighted by Gasteiger charge is -2.35. The Hall–Kier alpha value is -0.800. The lowest BCUT2D eigenvalue weighted by atomic mass is 9.75. The SMILES string of the molecule is COC1CCC(n2c(C)cc3c2CC(C)(C)CC3O)C1. The van der Waals surface area contributed by atoms with E-state index in [2.05, 4.69) is 31.4 Å². The van der Waals surface area contributed by atoms with Crippen LogP contribution in [0.4, 0.5) is 0 Å². The molecule has 1 heterocycles. The number of aliphatic hydroxyl groups is 1. The lowest BCUT2D eigenvalue weighted by molar-refractivity contribution is 0.0959. The Morgan fingerprint density at radius 1 is 1.35 bits per heavy atom. The number of hydrogen-bond donors (Lipinski definition) is 1. The van der Waals surface area contributed by atoms with E-state index in [1.165, 1.54) is 23.4 Å². The second kappa shape index (κ2) is 4.88. The molecule has 1 saturated carbocycles. The molecule has 0 aromatic carbocycles. The average Bonchev–Trinajstić information content (AvgIpc) is 2.92. The van der Waals surface area contributed by atoms with Crippen LogP contribution in [0.5, 0.6) is 0 Å². The first kappa shape index (κ1) is 14.2. The zero-order valence-electron chi connectivity index (χ0n) is 13.1. The highest BCUT2D eigenvalue weighted by Crippen LogP contribution is 2.44. The van der Waals surface area contributed by atoms with E-state index < -0.39 is 0 Å². The molecule has 1 aromatic heterocycles. The number of methoxy groups -OCH3 is 1. The van der Waals surface area contributed by atoms with E-state index in [1.54, 1.807) is 0 Å². The molecule has 3 rings (SSSR count). The summed E-state index contributed by atoms with van der Waals surface area (Å²) in [5.41, 5.74) is 4.03. The van der Waals surface area contributed by atoms with Crippen LogP contribution in [0.3, 0.4) is 0 Å². The molecule has 20 heavy (non-hydrogen) atoms. The van der Waals surface area contributed by atoms with Gasteiger partial charge in [-0.15, -0.1) is 0 Å². The fourth-order valence-electron chi connectivity index (χ4n) is 4.24. The van der Waals surface area contributed by atoms with Crippen LogP contribution in [-0.2, 0) is 11.2 Å². The molecule has 0 spiro atoms. The molecule has 112 valence electrons. The van der Waals surface area contributed by atoms with Gasteiger partial charge in [0.1, 0.15) is 0 Å². The summed E-state index contributed by atoms with van der Waals surface area (Å²) in [5, 5.41) is 10.4. The van der Waals surface area contributed by atoms with Gasteiger partial charge in [0.15, 0.2) is 0 Å². The third kappa shape index (κ3) is 2.31. The molecule has 3 atom stereocenters. The van der Waals surface area contributed by atoms with Crippen molar-refractivity contribution in [1.82, 2.24) is 4.57 Å². The fourth-order valence-corrected chi connectivity index (χ4v) is 4.24. The van der Waals surface area contributed by atoms with Crippen molar-refractivity contribution in [2.75, 3.05) is 7.11 Å². The van der Waals surface area contributed by atoms with Crippen molar-refractivity contribution < 1.29 is 9.84 Å². The van der Waals surface area contributed by atoms with Crippen molar-refractivity contribution in [2.45, 2.75) is 71.1 Å². The van der Waals surface area contributed by atoms with Crippen LogP contribution in [0.25, 0.3) is 0 Å². The largest absolute Gasteiger partial charge is 0.388 e. The van der Waals surface area contributed by atoms with E-state index >= 15 is 0 Å². The van der Waals surface area contributed by atoms with Gasteiger partial charge in [0, 0.05) is 30.1 Å². The number of aliphatic hydroxyl groups excluding tert-OH is 1. The Morgan fingerprint density at radius 2 is 2.10 bits per heavy atom. The minimum absolute atomic E-state index is 0.189. The van der Waals surface area contributed by atoms with Gasteiger partial charge in [-0.3, -0.25) is 0 Å². The number of fused-ring (bicyclic) bond motifs is 1. The topological polar surface area (TPSA) is 34.4 Å². The van der Waals surface area contributed by atoms with Gasteiger partial charge < -0.3 is 14.4 Å². The molecule has 3 heteroatoms. The van der Waals surface area contributed by atoms with E-state index in [0.717, 1.165) is 25.7 Å². The quantitative estimate of drug-likeness (QED) is 0.897. The second-order valence-electron chi connectivity index (χ2n) is 7.44. The molecule has 0 saturated heterocycles. The molecule has 0 amide bonds. The average molecular weight is 277 g/mol. The first-order valence-corrected chi connectivity index (χ1v) is 7.83. The normalized spacial score (nSPS) is 32.4. The number of hydrogen-bond acceptors (Lipinski definition) is 2. The molecular formula is C17H27NO2. The summed E-state index contributed by atoms with van der Waals surface area (Å²) in [6.07, 6.45) is 5.49. The maximum absolute atomic E-state index is 10.4. The number of aryl methyl sites for hydroxylation is 1. The van der Waals surface area contributed by atoms with E-state index in [9.17, 15) is 5.11 Å². The van der Waals surface area contributed by atoms with E-state index in [0.29, 0.717) is 12.1 Å². The van der Waals surface area contributed by atoms with Gasteiger partial charge in [-0.1, -0.05) is 13.8 Å². The molecule has 2 aliphatic rings. The van der Waals surface area contributed by atoms with Crippen molar-refractivity contribution in [3.63, 3.8) is 0 Å². The molecule has 1 N–H and O–H groups in total. The molecule has 0 aliphatic heterocycles. The maximum Gasteiger partial charge on any atom is 0.0812 e. The van der Waals surface area contributed by atoms with Gasteiger partial charge >= 0.3 is 0 Å². The van der Waals surface area contributed by atoms with Crippen LogP contribution >= 0.6 is 0 Å². The van der Waals surface area contributed by atoms with Gasteiger partial charge in [-0.25, -0.2) is 0 Å². The van der Waals surface area contributed by atoms with Crippen LogP contribution in [0.15, 0.2) is 6.07 Å². The van der Waals surface area contributed by atoms with Gasteiger partial charge in [0.2, 0.25) is 0 Å². The molecule has 0 bridgehead atoms. The number of aromatic nitrogens is 1. The third-order valence-electron chi connectivity index (χ3n) is 5.17. The standard InChI is InChI=1S/C17H27NO2/c1-11-7-14-15(9-17(2,3)10-16(14)19)18(11)12-5-6-13(8-12)20-4/h7,12-13,16,19H,5-6,8-10H2,1-4H3. The van der Waals surface area contributed by atoms with Gasteiger partial charge in [0.05, 0.1) is 12.2 Å². The first-order valence-electron chi connectivity index (χ1n) is 7.83. The van der Waals surface area contributed by atoms with Crippen LogP contribution < -0.4 is 0 Å². The van der Waals surface area contributed by atoms with Crippen LogP contribution in [0.1, 0.15) is 68.6 Å². The zero-order valence-corrected chi connectivity index (χ0v) is 13.1. The summed E-state index contributed by atoms with van der Waals surface area (Å²) in [7, 11) is 1.82. The Balaban J connectivity index is 1.97. The summed E-state index contributed by atoms with van der Waals surface area (Å²) in [6, 6.07) is 2.75. The highest BCUT2D eigenvalue weighted by molar-refractivity contribution is 5.34.